The van der Waals surface area contributed by atoms with E-state index in [0.29, 0.717) is 55.3 Å². The first-order chi connectivity index (χ1) is 14.4. The van der Waals surface area contributed by atoms with Gasteiger partial charge in [-0.3, -0.25) is 0 Å². The maximum Gasteiger partial charge on any atom is 0.243 e. The number of sulfonamides is 1. The molecule has 0 spiro atoms. The van der Waals surface area contributed by atoms with Crippen LogP contribution in [-0.4, -0.2) is 69.2 Å². The fourth-order valence-corrected chi connectivity index (χ4v) is 4.63. The van der Waals surface area contributed by atoms with Gasteiger partial charge in [0.15, 0.2) is 5.11 Å². The minimum atomic E-state index is -3.62. The molecule has 0 aromatic heterocycles. The van der Waals surface area contributed by atoms with E-state index in [1.807, 2.05) is 37.4 Å². The predicted molar refractivity (Wildman–Crippen MR) is 122 cm³/mol. The summed E-state index contributed by atoms with van der Waals surface area (Å²) in [6.45, 7) is 2.42. The van der Waals surface area contributed by atoms with Crippen molar-refractivity contribution >= 4 is 44.6 Å². The summed E-state index contributed by atoms with van der Waals surface area (Å²) in [5.41, 5.74) is 0.437. The minimum absolute atomic E-state index is 0.161. The average molecular weight is 470 g/mol. The Labute approximate surface area is 187 Å². The van der Waals surface area contributed by atoms with Crippen molar-refractivity contribution in [2.45, 2.75) is 4.90 Å². The molecule has 0 bridgehead atoms. The summed E-state index contributed by atoms with van der Waals surface area (Å²) in [6.07, 6.45) is 0. The molecule has 0 radical (unpaired) electrons. The van der Waals surface area contributed by atoms with E-state index in [0.717, 1.165) is 5.75 Å². The highest BCUT2D eigenvalue weighted by Gasteiger charge is 2.27. The number of anilines is 1. The van der Waals surface area contributed by atoms with Gasteiger partial charge in [0.2, 0.25) is 10.0 Å². The van der Waals surface area contributed by atoms with Crippen molar-refractivity contribution in [2.24, 2.45) is 0 Å². The number of hydrogen-bond acceptors (Lipinski definition) is 5. The highest BCUT2D eigenvalue weighted by molar-refractivity contribution is 7.89. The van der Waals surface area contributed by atoms with E-state index in [4.69, 9.17) is 33.3 Å². The van der Waals surface area contributed by atoms with Gasteiger partial charge < -0.3 is 19.7 Å². The zero-order chi connectivity index (χ0) is 21.6. The largest absolute Gasteiger partial charge is 0.492 e. The molecule has 7 nitrogen and oxygen atoms in total. The Balaban J connectivity index is 1.62. The molecule has 1 aliphatic heterocycles. The molecule has 1 saturated heterocycles. The number of para-hydroxylation sites is 1. The number of nitrogens with zero attached hydrogens (tertiary/aromatic N) is 2. The van der Waals surface area contributed by atoms with Gasteiger partial charge in [-0.1, -0.05) is 29.8 Å². The monoisotopic (exact) mass is 469 g/mol. The van der Waals surface area contributed by atoms with Crippen molar-refractivity contribution in [1.82, 2.24) is 9.21 Å². The molecule has 1 heterocycles. The smallest absolute Gasteiger partial charge is 0.243 e. The van der Waals surface area contributed by atoms with Crippen molar-refractivity contribution in [3.05, 3.63) is 53.6 Å². The topological polar surface area (TPSA) is 71.1 Å². The highest BCUT2D eigenvalue weighted by atomic mass is 35.5. The molecule has 0 unspecified atom stereocenters. The van der Waals surface area contributed by atoms with E-state index in [-0.39, 0.29) is 4.90 Å². The van der Waals surface area contributed by atoms with Gasteiger partial charge in [-0.2, -0.15) is 4.31 Å². The lowest BCUT2D eigenvalue weighted by Crippen LogP contribution is -2.40. The van der Waals surface area contributed by atoms with Crippen LogP contribution in [0, 0.1) is 0 Å². The third kappa shape index (κ3) is 5.83. The lowest BCUT2D eigenvalue weighted by Gasteiger charge is -2.26. The number of benzene rings is 2. The third-order valence-corrected chi connectivity index (χ3v) is 7.21. The molecule has 0 aliphatic carbocycles. The summed E-state index contributed by atoms with van der Waals surface area (Å²) in [7, 11) is -1.80. The first-order valence-corrected chi connectivity index (χ1v) is 11.7. The Morgan fingerprint density at radius 1 is 1.23 bits per heavy atom. The van der Waals surface area contributed by atoms with Crippen LogP contribution in [0.15, 0.2) is 53.4 Å². The Kier molecular flexibility index (Phi) is 7.90. The van der Waals surface area contributed by atoms with Gasteiger partial charge in [0.25, 0.3) is 0 Å². The summed E-state index contributed by atoms with van der Waals surface area (Å²) in [4.78, 5) is 1.96. The minimum Gasteiger partial charge on any atom is -0.492 e. The van der Waals surface area contributed by atoms with Gasteiger partial charge in [-0.05, 0) is 42.5 Å². The van der Waals surface area contributed by atoms with E-state index in [2.05, 4.69) is 5.32 Å². The maximum absolute atomic E-state index is 12.9. The van der Waals surface area contributed by atoms with Crippen molar-refractivity contribution in [1.29, 1.82) is 0 Å². The number of nitrogens with one attached hydrogen (secondary N) is 1. The first-order valence-electron chi connectivity index (χ1n) is 9.45. The van der Waals surface area contributed by atoms with Crippen LogP contribution in [0.3, 0.4) is 0 Å². The molecular formula is C20H24ClN3O4S2. The normalized spacial score (nSPS) is 14.9. The van der Waals surface area contributed by atoms with Crippen LogP contribution in [0.2, 0.25) is 5.02 Å². The zero-order valence-electron chi connectivity index (χ0n) is 16.6. The number of ether oxygens (including phenoxy) is 2. The molecule has 1 fully saturated rings. The molecule has 30 heavy (non-hydrogen) atoms. The molecule has 2 aromatic carbocycles. The number of halogens is 1. The van der Waals surface area contributed by atoms with Gasteiger partial charge in [-0.15, -0.1) is 0 Å². The van der Waals surface area contributed by atoms with Crippen molar-refractivity contribution < 1.29 is 17.9 Å². The second-order valence-electron chi connectivity index (χ2n) is 6.67. The molecule has 10 heteroatoms. The second kappa shape index (κ2) is 10.4. The molecular weight excluding hydrogens is 446 g/mol. The van der Waals surface area contributed by atoms with Crippen LogP contribution in [0.5, 0.6) is 5.75 Å². The molecule has 1 N–H and O–H groups in total. The Morgan fingerprint density at radius 3 is 2.63 bits per heavy atom. The number of morpholine rings is 1. The van der Waals surface area contributed by atoms with Crippen LogP contribution in [0.4, 0.5) is 5.69 Å². The summed E-state index contributed by atoms with van der Waals surface area (Å²) in [5, 5.41) is 3.83. The van der Waals surface area contributed by atoms with Crippen LogP contribution >= 0.6 is 23.8 Å². The lowest BCUT2D eigenvalue weighted by molar-refractivity contribution is 0.0730. The second-order valence-corrected chi connectivity index (χ2v) is 9.40. The summed E-state index contributed by atoms with van der Waals surface area (Å²) >= 11 is 11.7. The van der Waals surface area contributed by atoms with Crippen molar-refractivity contribution in [3.8, 4) is 5.75 Å². The Morgan fingerprint density at radius 2 is 1.93 bits per heavy atom. The van der Waals surface area contributed by atoms with E-state index >= 15 is 0 Å². The van der Waals surface area contributed by atoms with E-state index in [1.54, 1.807) is 11.0 Å². The van der Waals surface area contributed by atoms with Crippen LogP contribution in [0.25, 0.3) is 0 Å². The number of likely N-dealkylation sites (N-methyl/N-ethyl adjacent to an activating group) is 1. The molecule has 0 saturated carbocycles. The number of hydrogen-bond donors (Lipinski definition) is 1. The maximum atomic E-state index is 12.9. The van der Waals surface area contributed by atoms with Gasteiger partial charge in [0.05, 0.1) is 35.4 Å². The SMILES string of the molecule is CN(CCOc1ccccc1)C(=S)Nc1cc(S(=O)(=O)N2CCOCC2)ccc1Cl. The average Bonchev–Trinajstić information content (AvgIpc) is 2.76. The molecule has 0 amide bonds. The Hall–Kier alpha value is -1.91. The summed E-state index contributed by atoms with van der Waals surface area (Å²) in [5.74, 6) is 0.786. The zero-order valence-corrected chi connectivity index (χ0v) is 19.0. The third-order valence-electron chi connectivity index (χ3n) is 4.57. The predicted octanol–water partition coefficient (Wildman–Crippen LogP) is 3.07. The molecule has 1 aliphatic rings. The van der Waals surface area contributed by atoms with Gasteiger partial charge >= 0.3 is 0 Å². The van der Waals surface area contributed by atoms with E-state index in [1.165, 1.54) is 16.4 Å². The van der Waals surface area contributed by atoms with Crippen molar-refractivity contribution in [3.63, 3.8) is 0 Å². The Bertz CT molecular complexity index is 967. The summed E-state index contributed by atoms with van der Waals surface area (Å²) in [6, 6.07) is 14.1. The number of thiocarbonyl (C=S) groups is 1. The standard InChI is InChI=1S/C20H24ClN3O4S2/c1-23(9-14-28-16-5-3-2-4-6-16)20(29)22-19-15-17(7-8-18(19)21)30(25,26)24-10-12-27-13-11-24/h2-8,15H,9-14H2,1H3,(H,22,29). The molecule has 2 aromatic rings. The van der Waals surface area contributed by atoms with Gasteiger partial charge in [0.1, 0.15) is 12.4 Å². The molecule has 0 atom stereocenters. The highest BCUT2D eigenvalue weighted by Crippen LogP contribution is 2.27. The lowest BCUT2D eigenvalue weighted by atomic mass is 10.3. The van der Waals surface area contributed by atoms with Gasteiger partial charge in [-0.25, -0.2) is 8.42 Å². The molecule has 3 rings (SSSR count). The fraction of sp³-hybridized carbons (Fsp3) is 0.350. The number of rotatable bonds is 7. The van der Waals surface area contributed by atoms with Crippen LogP contribution in [-0.2, 0) is 14.8 Å². The van der Waals surface area contributed by atoms with Gasteiger partial charge in [0, 0.05) is 20.1 Å². The van der Waals surface area contributed by atoms with E-state index in [9.17, 15) is 8.42 Å². The van der Waals surface area contributed by atoms with Crippen LogP contribution in [0.1, 0.15) is 0 Å². The van der Waals surface area contributed by atoms with Crippen molar-refractivity contribution in [2.75, 3.05) is 51.8 Å². The van der Waals surface area contributed by atoms with Crippen LogP contribution < -0.4 is 10.1 Å². The fourth-order valence-electron chi connectivity index (χ4n) is 2.83. The first kappa shape index (κ1) is 22.8. The molecule has 162 valence electrons. The summed E-state index contributed by atoms with van der Waals surface area (Å²) < 4.78 is 38.1. The quantitative estimate of drug-likeness (QED) is 0.625. The van der Waals surface area contributed by atoms with E-state index < -0.39 is 10.0 Å².